The Labute approximate surface area is 115 Å². The largest absolute Gasteiger partial charge is 0.399 e. The third-order valence-electron chi connectivity index (χ3n) is 3.20. The van der Waals surface area contributed by atoms with Gasteiger partial charge >= 0.3 is 0 Å². The van der Waals surface area contributed by atoms with Crippen molar-refractivity contribution in [1.29, 1.82) is 0 Å². The zero-order valence-electron chi connectivity index (χ0n) is 9.91. The topological polar surface area (TPSA) is 66.6 Å². The highest BCUT2D eigenvalue weighted by atomic mass is 35.5. The Hall–Kier alpha value is -0.970. The molecule has 1 aromatic carbocycles. The summed E-state index contributed by atoms with van der Waals surface area (Å²) in [5.74, 6) is -0.257. The number of β-amino-alcohol motifs (C(OH)–C–C–N with tert-alkyl or cyclic N) is 1. The lowest BCUT2D eigenvalue weighted by atomic mass is 9.90. The normalized spacial score (nSPS) is 17.4. The molecule has 0 bridgehead atoms. The predicted molar refractivity (Wildman–Crippen MR) is 72.0 cm³/mol. The van der Waals surface area contributed by atoms with E-state index in [0.717, 1.165) is 0 Å². The Morgan fingerprint density at radius 3 is 2.67 bits per heavy atom. The first kappa shape index (κ1) is 13.5. The van der Waals surface area contributed by atoms with Crippen molar-refractivity contribution in [3.63, 3.8) is 0 Å². The molecule has 98 valence electrons. The lowest BCUT2D eigenvalue weighted by Crippen LogP contribution is -2.63. The minimum absolute atomic E-state index is 0.197. The molecule has 0 atom stereocenters. The van der Waals surface area contributed by atoms with E-state index in [1.165, 1.54) is 17.0 Å². The number of nitrogens with zero attached hydrogens (tertiary/aromatic N) is 1. The summed E-state index contributed by atoms with van der Waals surface area (Å²) >= 11 is 11.9. The van der Waals surface area contributed by atoms with Gasteiger partial charge in [-0.15, -0.1) is 0 Å². The highest BCUT2D eigenvalue weighted by molar-refractivity contribution is 6.44. The molecule has 1 heterocycles. The maximum absolute atomic E-state index is 12.2. The number of anilines is 1. The molecule has 1 aliphatic rings. The maximum atomic E-state index is 12.2. The molecule has 2 rings (SSSR count). The number of carbonyl (C=O) groups excluding carboxylic acids is 1. The number of likely N-dealkylation sites (tertiary alicyclic amines) is 1. The summed E-state index contributed by atoms with van der Waals surface area (Å²) in [6.45, 7) is 2.50. The van der Waals surface area contributed by atoms with E-state index in [-0.39, 0.29) is 21.5 Å². The molecule has 0 aliphatic carbocycles. The molecule has 1 aromatic rings. The second-order valence-electron chi connectivity index (χ2n) is 4.60. The van der Waals surface area contributed by atoms with E-state index in [1.807, 2.05) is 6.92 Å². The smallest absolute Gasteiger partial charge is 0.255 e. The van der Waals surface area contributed by atoms with Crippen molar-refractivity contribution >= 4 is 34.8 Å². The third kappa shape index (κ3) is 2.28. The van der Waals surface area contributed by atoms with Gasteiger partial charge in [0.25, 0.3) is 5.91 Å². The molecule has 6 heteroatoms. The minimum atomic E-state index is -0.772. The summed E-state index contributed by atoms with van der Waals surface area (Å²) in [4.78, 5) is 13.7. The number of hydrogen-bond acceptors (Lipinski definition) is 3. The SMILES string of the molecule is CCC1(O)CN(C(=O)c2cc(N)cc(Cl)c2Cl)C1. The molecule has 0 unspecified atom stereocenters. The molecular formula is C12H14Cl2N2O2. The van der Waals surface area contributed by atoms with Gasteiger partial charge < -0.3 is 15.7 Å². The first-order valence-corrected chi connectivity index (χ1v) is 6.38. The zero-order valence-corrected chi connectivity index (χ0v) is 11.4. The van der Waals surface area contributed by atoms with Gasteiger partial charge in [0.15, 0.2) is 0 Å². The van der Waals surface area contributed by atoms with Crippen LogP contribution in [0.3, 0.4) is 0 Å². The Kier molecular flexibility index (Phi) is 3.45. The molecule has 1 fully saturated rings. The van der Waals surface area contributed by atoms with Crippen molar-refractivity contribution in [2.45, 2.75) is 18.9 Å². The molecule has 0 saturated carbocycles. The standard InChI is InChI=1S/C12H14Cl2N2O2/c1-2-12(18)5-16(6-12)11(17)8-3-7(15)4-9(13)10(8)14/h3-4,18H,2,5-6,15H2,1H3. The Morgan fingerprint density at radius 1 is 1.50 bits per heavy atom. The lowest BCUT2D eigenvalue weighted by Gasteiger charge is -2.46. The number of nitrogens with two attached hydrogens (primary N) is 1. The number of hydrogen-bond donors (Lipinski definition) is 2. The average Bonchev–Trinajstić information content (AvgIpc) is 2.28. The van der Waals surface area contributed by atoms with E-state index < -0.39 is 5.60 Å². The summed E-state index contributed by atoms with van der Waals surface area (Å²) < 4.78 is 0. The molecule has 0 radical (unpaired) electrons. The summed E-state index contributed by atoms with van der Waals surface area (Å²) in [6, 6.07) is 3.00. The van der Waals surface area contributed by atoms with Gasteiger partial charge in [0, 0.05) is 5.69 Å². The number of aliphatic hydroxyl groups is 1. The van der Waals surface area contributed by atoms with Crippen LogP contribution >= 0.6 is 23.2 Å². The predicted octanol–water partition coefficient (Wildman–Crippen LogP) is 2.17. The second-order valence-corrected chi connectivity index (χ2v) is 5.39. The van der Waals surface area contributed by atoms with Gasteiger partial charge in [0.1, 0.15) is 0 Å². The molecule has 1 aliphatic heterocycles. The number of halogens is 2. The molecule has 0 aromatic heterocycles. The van der Waals surface area contributed by atoms with Gasteiger partial charge in [0.2, 0.25) is 0 Å². The summed E-state index contributed by atoms with van der Waals surface area (Å²) in [5, 5.41) is 10.3. The lowest BCUT2D eigenvalue weighted by molar-refractivity contribution is -0.0826. The zero-order chi connectivity index (χ0) is 13.5. The Bertz CT molecular complexity index is 499. The van der Waals surface area contributed by atoms with Crippen molar-refractivity contribution < 1.29 is 9.90 Å². The summed E-state index contributed by atoms with van der Waals surface area (Å²) in [6.07, 6.45) is 0.613. The fourth-order valence-electron chi connectivity index (χ4n) is 1.97. The molecule has 1 amide bonds. The van der Waals surface area contributed by atoms with Crippen molar-refractivity contribution in [2.24, 2.45) is 0 Å². The van der Waals surface area contributed by atoms with Crippen LogP contribution in [0, 0.1) is 0 Å². The van der Waals surface area contributed by atoms with Crippen LogP contribution in [0.4, 0.5) is 5.69 Å². The molecule has 3 N–H and O–H groups in total. The maximum Gasteiger partial charge on any atom is 0.255 e. The van der Waals surface area contributed by atoms with Crippen molar-refractivity contribution in [3.8, 4) is 0 Å². The molecular weight excluding hydrogens is 275 g/mol. The van der Waals surface area contributed by atoms with Gasteiger partial charge in [-0.1, -0.05) is 30.1 Å². The minimum Gasteiger partial charge on any atom is -0.399 e. The van der Waals surface area contributed by atoms with E-state index in [1.54, 1.807) is 0 Å². The Balaban J connectivity index is 2.21. The van der Waals surface area contributed by atoms with Gasteiger partial charge in [-0.05, 0) is 18.6 Å². The van der Waals surface area contributed by atoms with E-state index in [0.29, 0.717) is 25.2 Å². The monoisotopic (exact) mass is 288 g/mol. The highest BCUT2D eigenvalue weighted by Gasteiger charge is 2.42. The summed E-state index contributed by atoms with van der Waals surface area (Å²) in [7, 11) is 0. The van der Waals surface area contributed by atoms with Gasteiger partial charge in [-0.2, -0.15) is 0 Å². The van der Waals surface area contributed by atoms with E-state index >= 15 is 0 Å². The third-order valence-corrected chi connectivity index (χ3v) is 4.00. The van der Waals surface area contributed by atoms with E-state index in [9.17, 15) is 9.90 Å². The van der Waals surface area contributed by atoms with Crippen LogP contribution in [-0.2, 0) is 0 Å². The van der Waals surface area contributed by atoms with Crippen LogP contribution < -0.4 is 5.73 Å². The summed E-state index contributed by atoms with van der Waals surface area (Å²) in [5.41, 5.74) is 5.54. The van der Waals surface area contributed by atoms with Crippen LogP contribution in [0.2, 0.25) is 10.0 Å². The van der Waals surface area contributed by atoms with Crippen LogP contribution in [0.5, 0.6) is 0 Å². The first-order chi connectivity index (χ1) is 8.36. The van der Waals surface area contributed by atoms with Gasteiger partial charge in [0.05, 0.1) is 34.3 Å². The fourth-order valence-corrected chi connectivity index (χ4v) is 2.39. The fraction of sp³-hybridized carbons (Fsp3) is 0.417. The van der Waals surface area contributed by atoms with E-state index in [4.69, 9.17) is 28.9 Å². The van der Waals surface area contributed by atoms with E-state index in [2.05, 4.69) is 0 Å². The van der Waals surface area contributed by atoms with Crippen LogP contribution in [0.1, 0.15) is 23.7 Å². The average molecular weight is 289 g/mol. The molecule has 4 nitrogen and oxygen atoms in total. The number of rotatable bonds is 2. The van der Waals surface area contributed by atoms with Crippen molar-refractivity contribution in [1.82, 2.24) is 4.90 Å². The van der Waals surface area contributed by atoms with Crippen LogP contribution in [0.25, 0.3) is 0 Å². The first-order valence-electron chi connectivity index (χ1n) is 5.62. The Morgan fingerprint density at radius 2 is 2.11 bits per heavy atom. The van der Waals surface area contributed by atoms with Crippen LogP contribution in [0.15, 0.2) is 12.1 Å². The van der Waals surface area contributed by atoms with Gasteiger partial charge in [-0.3, -0.25) is 4.79 Å². The highest BCUT2D eigenvalue weighted by Crippen LogP contribution is 2.32. The molecule has 18 heavy (non-hydrogen) atoms. The number of nitrogen functional groups attached to an aromatic ring is 1. The van der Waals surface area contributed by atoms with Crippen molar-refractivity contribution in [2.75, 3.05) is 18.8 Å². The number of amides is 1. The van der Waals surface area contributed by atoms with Gasteiger partial charge in [-0.25, -0.2) is 0 Å². The molecule has 0 spiro atoms. The quantitative estimate of drug-likeness (QED) is 0.820. The van der Waals surface area contributed by atoms with Crippen molar-refractivity contribution in [3.05, 3.63) is 27.7 Å². The second kappa shape index (κ2) is 4.61. The van der Waals surface area contributed by atoms with Crippen LogP contribution in [-0.4, -0.2) is 34.6 Å². The molecule has 1 saturated heterocycles. The number of benzene rings is 1. The number of carbonyl (C=O) groups is 1.